The first-order valence-corrected chi connectivity index (χ1v) is 11.1. The number of hydrogen-bond donors (Lipinski definition) is 0. The molecule has 2 rings (SSSR count). The maximum absolute atomic E-state index is 12.4. The number of ether oxygens (including phenoxy) is 2. The average Bonchev–Trinajstić information content (AvgIpc) is 2.72. The number of carbonyl (C=O) groups is 1. The molecular weight excluding hydrogens is 360 g/mol. The molecule has 0 aliphatic rings. The molecule has 0 unspecified atom stereocenters. The Labute approximate surface area is 176 Å². The topological polar surface area (TPSA) is 35.5 Å². The van der Waals surface area contributed by atoms with E-state index in [2.05, 4.69) is 39.8 Å². The van der Waals surface area contributed by atoms with Crippen LogP contribution in [0.1, 0.15) is 82.1 Å². The fourth-order valence-electron chi connectivity index (χ4n) is 3.28. The summed E-state index contributed by atoms with van der Waals surface area (Å²) in [5, 5.41) is 0. The van der Waals surface area contributed by atoms with Crippen molar-refractivity contribution in [3.05, 3.63) is 59.7 Å². The lowest BCUT2D eigenvalue weighted by molar-refractivity contribution is 0.0734. The Morgan fingerprint density at radius 3 is 2.14 bits per heavy atom. The third-order valence-corrected chi connectivity index (χ3v) is 5.37. The van der Waals surface area contributed by atoms with Gasteiger partial charge in [0.2, 0.25) is 0 Å². The predicted octanol–water partition coefficient (Wildman–Crippen LogP) is 7.23. The van der Waals surface area contributed by atoms with Crippen LogP contribution in [0.4, 0.5) is 0 Å². The van der Waals surface area contributed by atoms with E-state index in [1.165, 1.54) is 31.2 Å². The highest BCUT2D eigenvalue weighted by Gasteiger charge is 2.10. The molecule has 0 saturated heterocycles. The molecule has 29 heavy (non-hydrogen) atoms. The lowest BCUT2D eigenvalue weighted by atomic mass is 9.99. The fraction of sp³-hybridized carbons (Fsp3) is 0.500. The second-order valence-corrected chi connectivity index (χ2v) is 8.03. The van der Waals surface area contributed by atoms with Crippen LogP contribution in [0.15, 0.2) is 48.5 Å². The van der Waals surface area contributed by atoms with Gasteiger partial charge in [-0.3, -0.25) is 0 Å². The van der Waals surface area contributed by atoms with Gasteiger partial charge in [0.05, 0.1) is 11.7 Å². The first-order chi connectivity index (χ1) is 14.0. The van der Waals surface area contributed by atoms with E-state index in [0.29, 0.717) is 11.3 Å². The van der Waals surface area contributed by atoms with Gasteiger partial charge in [0, 0.05) is 0 Å². The quantitative estimate of drug-likeness (QED) is 0.216. The molecule has 0 aliphatic carbocycles. The monoisotopic (exact) mass is 396 g/mol. The van der Waals surface area contributed by atoms with Crippen molar-refractivity contribution in [3.63, 3.8) is 0 Å². The number of rotatable bonds is 12. The van der Waals surface area contributed by atoms with Gasteiger partial charge in [0.25, 0.3) is 0 Å². The predicted molar refractivity (Wildman–Crippen MR) is 120 cm³/mol. The number of unbranched alkanes of at least 4 members (excludes halogenated alkanes) is 1. The third kappa shape index (κ3) is 8.31. The standard InChI is InChI=1S/C26H36O3/c1-5-9-21(4)28-24-18-14-23(15-19-24)26(27)29-25-16-12-22(13-17-25)11-8-7-10-20(3)6-2/h12-21H,5-11H2,1-4H3/t20-,21+/m0/s1. The van der Waals surface area contributed by atoms with E-state index in [1.807, 2.05) is 24.3 Å². The maximum Gasteiger partial charge on any atom is 0.343 e. The largest absolute Gasteiger partial charge is 0.491 e. The molecule has 0 aromatic heterocycles. The van der Waals surface area contributed by atoms with Gasteiger partial charge in [0.15, 0.2) is 0 Å². The summed E-state index contributed by atoms with van der Waals surface area (Å²) >= 11 is 0. The first kappa shape index (κ1) is 23.0. The van der Waals surface area contributed by atoms with Gasteiger partial charge in [0.1, 0.15) is 11.5 Å². The second-order valence-electron chi connectivity index (χ2n) is 8.03. The zero-order valence-corrected chi connectivity index (χ0v) is 18.4. The van der Waals surface area contributed by atoms with E-state index in [-0.39, 0.29) is 12.1 Å². The van der Waals surface area contributed by atoms with Gasteiger partial charge < -0.3 is 9.47 Å². The van der Waals surface area contributed by atoms with E-state index in [9.17, 15) is 4.79 Å². The van der Waals surface area contributed by atoms with Crippen LogP contribution in [0.2, 0.25) is 0 Å². The third-order valence-electron chi connectivity index (χ3n) is 5.37. The second kappa shape index (κ2) is 12.3. The molecule has 0 N–H and O–H groups in total. The molecule has 0 aliphatic heterocycles. The molecule has 2 aromatic rings. The first-order valence-electron chi connectivity index (χ1n) is 11.1. The van der Waals surface area contributed by atoms with Crippen molar-refractivity contribution in [2.24, 2.45) is 5.92 Å². The zero-order chi connectivity index (χ0) is 21.1. The Kier molecular flexibility index (Phi) is 9.76. The summed E-state index contributed by atoms with van der Waals surface area (Å²) in [5.74, 6) is 1.83. The van der Waals surface area contributed by atoms with E-state index in [0.717, 1.165) is 30.9 Å². The zero-order valence-electron chi connectivity index (χ0n) is 18.4. The molecule has 0 bridgehead atoms. The van der Waals surface area contributed by atoms with Crippen molar-refractivity contribution in [3.8, 4) is 11.5 Å². The summed E-state index contributed by atoms with van der Waals surface area (Å²) in [4.78, 5) is 12.4. The van der Waals surface area contributed by atoms with Crippen molar-refractivity contribution in [2.45, 2.75) is 78.7 Å². The number of hydrogen-bond acceptors (Lipinski definition) is 3. The molecule has 2 aromatic carbocycles. The van der Waals surface area contributed by atoms with Crippen molar-refractivity contribution in [2.75, 3.05) is 0 Å². The van der Waals surface area contributed by atoms with E-state index in [1.54, 1.807) is 12.1 Å². The number of aryl methyl sites for hydroxylation is 1. The summed E-state index contributed by atoms with van der Waals surface area (Å²) < 4.78 is 11.3. The molecule has 0 amide bonds. The van der Waals surface area contributed by atoms with E-state index < -0.39 is 0 Å². The minimum atomic E-state index is -0.348. The Morgan fingerprint density at radius 1 is 0.862 bits per heavy atom. The highest BCUT2D eigenvalue weighted by Crippen LogP contribution is 2.19. The van der Waals surface area contributed by atoms with E-state index >= 15 is 0 Å². The van der Waals surface area contributed by atoms with Gasteiger partial charge in [-0.05, 0) is 74.1 Å². The minimum absolute atomic E-state index is 0.173. The Bertz CT molecular complexity index is 719. The molecule has 0 saturated carbocycles. The summed E-state index contributed by atoms with van der Waals surface area (Å²) in [7, 11) is 0. The van der Waals surface area contributed by atoms with Crippen LogP contribution < -0.4 is 9.47 Å². The van der Waals surface area contributed by atoms with Crippen molar-refractivity contribution in [1.82, 2.24) is 0 Å². The van der Waals surface area contributed by atoms with Gasteiger partial charge >= 0.3 is 5.97 Å². The smallest absolute Gasteiger partial charge is 0.343 e. The molecule has 0 fully saturated rings. The normalized spacial score (nSPS) is 13.0. The summed E-state index contributed by atoms with van der Waals surface area (Å²) in [6.07, 6.45) is 8.37. The average molecular weight is 397 g/mol. The van der Waals surface area contributed by atoms with Gasteiger partial charge in [-0.1, -0.05) is 58.6 Å². The van der Waals surface area contributed by atoms with E-state index in [4.69, 9.17) is 9.47 Å². The van der Waals surface area contributed by atoms with Crippen LogP contribution in [0.5, 0.6) is 11.5 Å². The summed E-state index contributed by atoms with van der Waals surface area (Å²) in [5.41, 5.74) is 1.81. The van der Waals surface area contributed by atoms with Gasteiger partial charge in [-0.25, -0.2) is 4.79 Å². The molecule has 0 spiro atoms. The molecule has 3 heteroatoms. The van der Waals surface area contributed by atoms with Crippen LogP contribution in [-0.4, -0.2) is 12.1 Å². The van der Waals surface area contributed by atoms with Crippen molar-refractivity contribution in [1.29, 1.82) is 0 Å². The Morgan fingerprint density at radius 2 is 1.52 bits per heavy atom. The van der Waals surface area contributed by atoms with Crippen molar-refractivity contribution < 1.29 is 14.3 Å². The van der Waals surface area contributed by atoms with Gasteiger partial charge in [-0.15, -0.1) is 0 Å². The maximum atomic E-state index is 12.4. The fourth-order valence-corrected chi connectivity index (χ4v) is 3.28. The Hall–Kier alpha value is -2.29. The SMILES string of the molecule is CCC[C@@H](C)Oc1ccc(C(=O)Oc2ccc(CCCC[C@@H](C)CC)cc2)cc1. The van der Waals surface area contributed by atoms with Crippen LogP contribution in [0.25, 0.3) is 0 Å². The lowest BCUT2D eigenvalue weighted by Crippen LogP contribution is -2.11. The summed E-state index contributed by atoms with van der Waals surface area (Å²) in [6, 6.07) is 15.0. The van der Waals surface area contributed by atoms with Crippen LogP contribution in [0.3, 0.4) is 0 Å². The van der Waals surface area contributed by atoms with Crippen LogP contribution in [0, 0.1) is 5.92 Å². The van der Waals surface area contributed by atoms with Crippen LogP contribution >= 0.6 is 0 Å². The van der Waals surface area contributed by atoms with Gasteiger partial charge in [-0.2, -0.15) is 0 Å². The highest BCUT2D eigenvalue weighted by atomic mass is 16.5. The number of benzene rings is 2. The van der Waals surface area contributed by atoms with Crippen LogP contribution in [-0.2, 0) is 6.42 Å². The molecule has 3 nitrogen and oxygen atoms in total. The highest BCUT2D eigenvalue weighted by molar-refractivity contribution is 5.91. The van der Waals surface area contributed by atoms with Crippen molar-refractivity contribution >= 4 is 5.97 Å². The molecule has 158 valence electrons. The molecule has 2 atom stereocenters. The number of carbonyl (C=O) groups excluding carboxylic acids is 1. The molecule has 0 heterocycles. The molecule has 0 radical (unpaired) electrons. The molecular formula is C26H36O3. The lowest BCUT2D eigenvalue weighted by Gasteiger charge is -2.13. The number of esters is 1. The summed E-state index contributed by atoms with van der Waals surface area (Å²) in [6.45, 7) is 8.76. The minimum Gasteiger partial charge on any atom is -0.491 e. The Balaban J connectivity index is 1.81.